The third-order valence-corrected chi connectivity index (χ3v) is 3.35. The molecule has 1 aromatic rings. The number of aliphatic carboxylic acids is 1. The normalized spacial score (nSPS) is 18.7. The number of carbonyl (C=O) groups excluding carboxylic acids is 1. The summed E-state index contributed by atoms with van der Waals surface area (Å²) in [7, 11) is 0. The zero-order valence-electron chi connectivity index (χ0n) is 10.9. The van der Waals surface area contributed by atoms with E-state index in [0.29, 0.717) is 19.5 Å². The van der Waals surface area contributed by atoms with Gasteiger partial charge in [0, 0.05) is 13.1 Å². The molecule has 5 heteroatoms. The monoisotopic (exact) mass is 262 g/mol. The molecule has 0 fully saturated rings. The Morgan fingerprint density at radius 3 is 2.68 bits per heavy atom. The number of benzene rings is 1. The van der Waals surface area contributed by atoms with E-state index in [2.05, 4.69) is 5.32 Å². The number of carboxylic acid groups (broad SMARTS) is 1. The molecule has 1 aliphatic heterocycles. The van der Waals surface area contributed by atoms with Crippen molar-refractivity contribution in [1.82, 2.24) is 10.2 Å². The number of fused-ring (bicyclic) bond motifs is 1. The summed E-state index contributed by atoms with van der Waals surface area (Å²) >= 11 is 0. The summed E-state index contributed by atoms with van der Waals surface area (Å²) in [6.45, 7) is 3.03. The number of carbonyl (C=O) groups is 2. The maximum Gasteiger partial charge on any atom is 0.321 e. The fraction of sp³-hybridized carbons (Fsp3) is 0.429. The van der Waals surface area contributed by atoms with Crippen LogP contribution in [0.4, 0.5) is 0 Å². The zero-order valence-corrected chi connectivity index (χ0v) is 10.9. The smallest absolute Gasteiger partial charge is 0.321 e. The molecule has 2 rings (SSSR count). The Morgan fingerprint density at radius 2 is 2.05 bits per heavy atom. The van der Waals surface area contributed by atoms with Crippen molar-refractivity contribution in [3.05, 3.63) is 35.4 Å². The molecule has 0 aromatic heterocycles. The average molecular weight is 262 g/mol. The Hall–Kier alpha value is -1.88. The van der Waals surface area contributed by atoms with Crippen molar-refractivity contribution in [2.45, 2.75) is 25.9 Å². The lowest BCUT2D eigenvalue weighted by atomic mass is 9.94. The van der Waals surface area contributed by atoms with Crippen molar-refractivity contribution in [3.8, 4) is 0 Å². The third kappa shape index (κ3) is 3.12. The van der Waals surface area contributed by atoms with Crippen LogP contribution in [0, 0.1) is 0 Å². The topological polar surface area (TPSA) is 69.6 Å². The number of hydrogen-bond acceptors (Lipinski definition) is 3. The lowest BCUT2D eigenvalue weighted by molar-refractivity contribution is -0.144. The highest BCUT2D eigenvalue weighted by atomic mass is 16.4. The van der Waals surface area contributed by atoms with Crippen molar-refractivity contribution in [3.63, 3.8) is 0 Å². The number of carboxylic acids is 1. The van der Waals surface area contributed by atoms with Crippen LogP contribution in [0.1, 0.15) is 18.1 Å². The van der Waals surface area contributed by atoms with Gasteiger partial charge in [-0.1, -0.05) is 24.3 Å². The van der Waals surface area contributed by atoms with Gasteiger partial charge in [0.1, 0.15) is 6.04 Å². The van der Waals surface area contributed by atoms with Gasteiger partial charge in [-0.15, -0.1) is 0 Å². The van der Waals surface area contributed by atoms with Crippen molar-refractivity contribution in [2.24, 2.45) is 0 Å². The first-order chi connectivity index (χ1) is 9.11. The van der Waals surface area contributed by atoms with Gasteiger partial charge in [-0.05, 0) is 24.5 Å². The molecule has 0 saturated heterocycles. The predicted octanol–water partition coefficient (Wildman–Crippen LogP) is 0.634. The van der Waals surface area contributed by atoms with Gasteiger partial charge in [0.15, 0.2) is 0 Å². The van der Waals surface area contributed by atoms with E-state index in [-0.39, 0.29) is 12.5 Å². The molecule has 0 bridgehead atoms. The SMILES string of the molecule is CCNC(=O)CN1Cc2ccccc2C[C@H]1C(=O)O. The van der Waals surface area contributed by atoms with E-state index in [4.69, 9.17) is 0 Å². The summed E-state index contributed by atoms with van der Waals surface area (Å²) in [5.74, 6) is -1.01. The molecule has 2 N–H and O–H groups in total. The van der Waals surface area contributed by atoms with Crippen molar-refractivity contribution >= 4 is 11.9 Å². The Balaban J connectivity index is 2.17. The summed E-state index contributed by atoms with van der Waals surface area (Å²) in [5, 5.41) is 12.0. The van der Waals surface area contributed by atoms with Gasteiger partial charge in [-0.3, -0.25) is 14.5 Å². The van der Waals surface area contributed by atoms with Crippen molar-refractivity contribution in [2.75, 3.05) is 13.1 Å². The quantitative estimate of drug-likeness (QED) is 0.835. The molecule has 1 aromatic carbocycles. The fourth-order valence-electron chi connectivity index (χ4n) is 2.42. The summed E-state index contributed by atoms with van der Waals surface area (Å²) < 4.78 is 0. The first-order valence-corrected chi connectivity index (χ1v) is 6.42. The molecule has 1 aliphatic rings. The van der Waals surface area contributed by atoms with Gasteiger partial charge in [0.25, 0.3) is 0 Å². The Labute approximate surface area is 112 Å². The zero-order chi connectivity index (χ0) is 13.8. The van der Waals surface area contributed by atoms with Crippen LogP contribution in [0.2, 0.25) is 0 Å². The molecule has 1 atom stereocenters. The van der Waals surface area contributed by atoms with Crippen LogP contribution >= 0.6 is 0 Å². The van der Waals surface area contributed by atoms with Crippen LogP contribution in [0.15, 0.2) is 24.3 Å². The molecule has 0 spiro atoms. The molecule has 0 aliphatic carbocycles. The van der Waals surface area contributed by atoms with E-state index in [1.54, 1.807) is 4.90 Å². The molecule has 19 heavy (non-hydrogen) atoms. The predicted molar refractivity (Wildman–Crippen MR) is 70.7 cm³/mol. The van der Waals surface area contributed by atoms with Crippen LogP contribution in [-0.2, 0) is 22.6 Å². The van der Waals surface area contributed by atoms with Crippen LogP contribution in [0.5, 0.6) is 0 Å². The van der Waals surface area contributed by atoms with Gasteiger partial charge >= 0.3 is 5.97 Å². The highest BCUT2D eigenvalue weighted by Crippen LogP contribution is 2.23. The lowest BCUT2D eigenvalue weighted by Crippen LogP contribution is -2.49. The largest absolute Gasteiger partial charge is 0.480 e. The maximum absolute atomic E-state index is 11.6. The van der Waals surface area contributed by atoms with E-state index in [1.807, 2.05) is 31.2 Å². The number of amides is 1. The molecule has 1 heterocycles. The van der Waals surface area contributed by atoms with E-state index < -0.39 is 12.0 Å². The summed E-state index contributed by atoms with van der Waals surface area (Å²) in [6.07, 6.45) is 0.449. The molecule has 1 amide bonds. The first-order valence-electron chi connectivity index (χ1n) is 6.42. The summed E-state index contributed by atoms with van der Waals surface area (Å²) in [6, 6.07) is 7.16. The second-order valence-electron chi connectivity index (χ2n) is 4.69. The van der Waals surface area contributed by atoms with Gasteiger partial charge in [0.2, 0.25) is 5.91 Å². The minimum Gasteiger partial charge on any atom is -0.480 e. The highest BCUT2D eigenvalue weighted by molar-refractivity contribution is 5.80. The van der Waals surface area contributed by atoms with Crippen LogP contribution in [0.25, 0.3) is 0 Å². The van der Waals surface area contributed by atoms with E-state index in [9.17, 15) is 14.7 Å². The number of likely N-dealkylation sites (N-methyl/N-ethyl adjacent to an activating group) is 1. The minimum absolute atomic E-state index is 0.124. The molecule has 0 radical (unpaired) electrons. The van der Waals surface area contributed by atoms with Crippen molar-refractivity contribution in [1.29, 1.82) is 0 Å². The van der Waals surface area contributed by atoms with Gasteiger partial charge in [-0.25, -0.2) is 0 Å². The average Bonchev–Trinajstić information content (AvgIpc) is 2.38. The fourth-order valence-corrected chi connectivity index (χ4v) is 2.42. The van der Waals surface area contributed by atoms with Crippen LogP contribution < -0.4 is 5.32 Å². The second-order valence-corrected chi connectivity index (χ2v) is 4.69. The van der Waals surface area contributed by atoms with Crippen LogP contribution in [0.3, 0.4) is 0 Å². The molecule has 5 nitrogen and oxygen atoms in total. The highest BCUT2D eigenvalue weighted by Gasteiger charge is 2.32. The number of nitrogens with zero attached hydrogens (tertiary/aromatic N) is 1. The maximum atomic E-state index is 11.6. The van der Waals surface area contributed by atoms with E-state index in [1.165, 1.54) is 0 Å². The molecule has 0 saturated carbocycles. The van der Waals surface area contributed by atoms with E-state index in [0.717, 1.165) is 11.1 Å². The number of rotatable bonds is 4. The molecular formula is C14H18N2O3. The summed E-state index contributed by atoms with van der Waals surface area (Å²) in [4.78, 5) is 24.7. The van der Waals surface area contributed by atoms with Gasteiger partial charge < -0.3 is 10.4 Å². The standard InChI is InChI=1S/C14H18N2O3/c1-2-15-13(17)9-16-8-11-6-4-3-5-10(11)7-12(16)14(18)19/h3-6,12H,2,7-9H2,1H3,(H,15,17)(H,18,19)/t12-/m0/s1. The Kier molecular flexibility index (Phi) is 4.16. The molecule has 0 unspecified atom stereocenters. The minimum atomic E-state index is -0.876. The van der Waals surface area contributed by atoms with Crippen LogP contribution in [-0.4, -0.2) is 41.0 Å². The third-order valence-electron chi connectivity index (χ3n) is 3.35. The molecular weight excluding hydrogens is 244 g/mol. The Morgan fingerprint density at radius 1 is 1.37 bits per heavy atom. The van der Waals surface area contributed by atoms with E-state index >= 15 is 0 Å². The first kappa shape index (κ1) is 13.5. The second kappa shape index (κ2) is 5.84. The lowest BCUT2D eigenvalue weighted by Gasteiger charge is -2.33. The number of nitrogens with one attached hydrogen (secondary N) is 1. The van der Waals surface area contributed by atoms with Gasteiger partial charge in [-0.2, -0.15) is 0 Å². The van der Waals surface area contributed by atoms with Gasteiger partial charge in [0.05, 0.1) is 6.54 Å². The summed E-state index contributed by atoms with van der Waals surface area (Å²) in [5.41, 5.74) is 2.16. The Bertz CT molecular complexity index is 487. The molecule has 102 valence electrons. The number of hydrogen-bond donors (Lipinski definition) is 2. The van der Waals surface area contributed by atoms with Crippen molar-refractivity contribution < 1.29 is 14.7 Å².